The Morgan fingerprint density at radius 2 is 2.46 bits per heavy atom. The van der Waals surface area contributed by atoms with Gasteiger partial charge in [-0.1, -0.05) is 0 Å². The quantitative estimate of drug-likeness (QED) is 0.753. The van der Waals surface area contributed by atoms with Crippen LogP contribution >= 0.6 is 11.3 Å². The first-order valence-electron chi connectivity index (χ1n) is 4.48. The van der Waals surface area contributed by atoms with Crippen molar-refractivity contribution in [3.63, 3.8) is 0 Å². The number of aryl methyl sites for hydroxylation is 1. The monoisotopic (exact) mass is 200 g/mol. The molecule has 1 heterocycles. The molecule has 0 aliphatic carbocycles. The average Bonchev–Trinajstić information content (AvgIpc) is 2.49. The van der Waals surface area contributed by atoms with Gasteiger partial charge in [-0.05, 0) is 20.3 Å². The van der Waals surface area contributed by atoms with E-state index < -0.39 is 0 Å². The number of aromatic nitrogens is 1. The Balaban J connectivity index is 2.26. The van der Waals surface area contributed by atoms with E-state index >= 15 is 0 Å². The minimum atomic E-state index is 0.246. The Morgan fingerprint density at radius 1 is 1.69 bits per heavy atom. The van der Waals surface area contributed by atoms with Crippen LogP contribution in [0.4, 0.5) is 0 Å². The van der Waals surface area contributed by atoms with Gasteiger partial charge in [0.2, 0.25) is 0 Å². The summed E-state index contributed by atoms with van der Waals surface area (Å²) in [6.45, 7) is 5.18. The van der Waals surface area contributed by atoms with E-state index in [1.807, 2.05) is 13.1 Å². The number of nitrogens with zero attached hydrogens (tertiary/aromatic N) is 1. The van der Waals surface area contributed by atoms with Crippen LogP contribution in [0.5, 0.6) is 0 Å². The van der Waals surface area contributed by atoms with Crippen LogP contribution in [0.1, 0.15) is 23.2 Å². The van der Waals surface area contributed by atoms with Gasteiger partial charge in [-0.15, -0.1) is 11.3 Å². The molecule has 1 atom stereocenters. The molecule has 0 saturated heterocycles. The summed E-state index contributed by atoms with van der Waals surface area (Å²) in [5, 5.41) is 13.1. The Hall–Kier alpha value is -0.450. The molecule has 1 rings (SSSR count). The third kappa shape index (κ3) is 3.85. The van der Waals surface area contributed by atoms with E-state index in [9.17, 15) is 0 Å². The Bertz CT molecular complexity index is 250. The lowest BCUT2D eigenvalue weighted by atomic mass is 10.2. The summed E-state index contributed by atoms with van der Waals surface area (Å²) in [5.74, 6) is 0. The third-order valence-corrected chi connectivity index (χ3v) is 2.77. The fourth-order valence-corrected chi connectivity index (χ4v) is 1.80. The first-order valence-corrected chi connectivity index (χ1v) is 5.29. The molecule has 0 aliphatic heterocycles. The van der Waals surface area contributed by atoms with E-state index in [-0.39, 0.29) is 6.61 Å². The standard InChI is InChI=1S/C9H16N2OS/c1-7(3-4-12)10-5-9-6-11-8(2)13-9/h6-7,10,12H,3-5H2,1-2H3. The minimum Gasteiger partial charge on any atom is -0.396 e. The van der Waals surface area contributed by atoms with Gasteiger partial charge in [-0.3, -0.25) is 0 Å². The van der Waals surface area contributed by atoms with Crippen molar-refractivity contribution < 1.29 is 5.11 Å². The van der Waals surface area contributed by atoms with Crippen molar-refractivity contribution in [2.45, 2.75) is 32.9 Å². The second kappa shape index (κ2) is 5.32. The van der Waals surface area contributed by atoms with Gasteiger partial charge < -0.3 is 10.4 Å². The van der Waals surface area contributed by atoms with E-state index in [1.165, 1.54) is 4.88 Å². The molecule has 13 heavy (non-hydrogen) atoms. The maximum Gasteiger partial charge on any atom is 0.0897 e. The largest absolute Gasteiger partial charge is 0.396 e. The summed E-state index contributed by atoms with van der Waals surface area (Å²) in [5.41, 5.74) is 0. The molecular formula is C9H16N2OS. The van der Waals surface area contributed by atoms with Gasteiger partial charge in [0.1, 0.15) is 0 Å². The third-order valence-electron chi connectivity index (χ3n) is 1.86. The highest BCUT2D eigenvalue weighted by atomic mass is 32.1. The lowest BCUT2D eigenvalue weighted by molar-refractivity contribution is 0.269. The number of hydrogen-bond acceptors (Lipinski definition) is 4. The average molecular weight is 200 g/mol. The van der Waals surface area contributed by atoms with E-state index in [0.29, 0.717) is 6.04 Å². The summed E-state index contributed by atoms with van der Waals surface area (Å²) < 4.78 is 0. The van der Waals surface area contributed by atoms with Crippen molar-refractivity contribution in [1.82, 2.24) is 10.3 Å². The van der Waals surface area contributed by atoms with Gasteiger partial charge in [0.05, 0.1) is 5.01 Å². The van der Waals surface area contributed by atoms with Crippen molar-refractivity contribution in [2.24, 2.45) is 0 Å². The molecule has 4 heteroatoms. The predicted octanol–water partition coefficient (Wildman–Crippen LogP) is 1.31. The predicted molar refractivity (Wildman–Crippen MR) is 54.9 cm³/mol. The van der Waals surface area contributed by atoms with Crippen molar-refractivity contribution >= 4 is 11.3 Å². The van der Waals surface area contributed by atoms with E-state index in [0.717, 1.165) is 18.0 Å². The molecule has 0 radical (unpaired) electrons. The Morgan fingerprint density at radius 3 is 3.00 bits per heavy atom. The second-order valence-corrected chi connectivity index (χ2v) is 4.46. The van der Waals surface area contributed by atoms with Crippen LogP contribution in [0.15, 0.2) is 6.20 Å². The molecule has 0 aromatic carbocycles. The number of rotatable bonds is 5. The van der Waals surface area contributed by atoms with Gasteiger partial charge in [-0.2, -0.15) is 0 Å². The molecule has 0 bridgehead atoms. The van der Waals surface area contributed by atoms with Gasteiger partial charge in [0, 0.05) is 30.3 Å². The summed E-state index contributed by atoms with van der Waals surface area (Å²) in [4.78, 5) is 5.42. The highest BCUT2D eigenvalue weighted by Gasteiger charge is 2.02. The molecule has 1 aromatic heterocycles. The van der Waals surface area contributed by atoms with E-state index in [1.54, 1.807) is 11.3 Å². The first kappa shape index (κ1) is 10.6. The molecule has 0 amide bonds. The molecule has 0 saturated carbocycles. The van der Waals surface area contributed by atoms with Crippen LogP contribution in [0, 0.1) is 6.92 Å². The Kier molecular flexibility index (Phi) is 4.35. The van der Waals surface area contributed by atoms with Gasteiger partial charge in [0.25, 0.3) is 0 Å². The van der Waals surface area contributed by atoms with Crippen LogP contribution in [-0.4, -0.2) is 22.7 Å². The number of thiazole rings is 1. The summed E-state index contributed by atoms with van der Waals surface area (Å²) in [6.07, 6.45) is 2.70. The Labute approximate surface area is 82.8 Å². The highest BCUT2D eigenvalue weighted by molar-refractivity contribution is 7.11. The topological polar surface area (TPSA) is 45.2 Å². The number of aliphatic hydroxyl groups excluding tert-OH is 1. The van der Waals surface area contributed by atoms with Gasteiger partial charge in [-0.25, -0.2) is 4.98 Å². The van der Waals surface area contributed by atoms with Crippen LogP contribution in [0.2, 0.25) is 0 Å². The second-order valence-electron chi connectivity index (χ2n) is 3.14. The van der Waals surface area contributed by atoms with Gasteiger partial charge >= 0.3 is 0 Å². The fraction of sp³-hybridized carbons (Fsp3) is 0.667. The minimum absolute atomic E-state index is 0.246. The maximum absolute atomic E-state index is 8.69. The molecule has 1 aromatic rings. The van der Waals surface area contributed by atoms with Crippen LogP contribution in [0.3, 0.4) is 0 Å². The van der Waals surface area contributed by atoms with Gasteiger partial charge in [0.15, 0.2) is 0 Å². The van der Waals surface area contributed by atoms with Crippen molar-refractivity contribution in [2.75, 3.05) is 6.61 Å². The first-order chi connectivity index (χ1) is 6.22. The summed E-state index contributed by atoms with van der Waals surface area (Å²) in [6, 6.07) is 0.368. The van der Waals surface area contributed by atoms with Crippen LogP contribution in [0.25, 0.3) is 0 Å². The highest BCUT2D eigenvalue weighted by Crippen LogP contribution is 2.11. The molecule has 0 spiro atoms. The van der Waals surface area contributed by atoms with Crippen molar-refractivity contribution in [3.05, 3.63) is 16.1 Å². The lowest BCUT2D eigenvalue weighted by Gasteiger charge is -2.10. The normalized spacial score (nSPS) is 13.2. The zero-order valence-corrected chi connectivity index (χ0v) is 8.90. The number of aliphatic hydroxyl groups is 1. The number of nitrogens with one attached hydrogen (secondary N) is 1. The molecule has 3 nitrogen and oxygen atoms in total. The molecule has 74 valence electrons. The zero-order valence-electron chi connectivity index (χ0n) is 8.08. The SMILES string of the molecule is Cc1ncc(CNC(C)CCO)s1. The lowest BCUT2D eigenvalue weighted by Crippen LogP contribution is -2.25. The van der Waals surface area contributed by atoms with Crippen molar-refractivity contribution in [1.29, 1.82) is 0 Å². The molecule has 1 unspecified atom stereocenters. The smallest absolute Gasteiger partial charge is 0.0897 e. The fourth-order valence-electron chi connectivity index (χ4n) is 1.06. The molecule has 2 N–H and O–H groups in total. The summed E-state index contributed by atoms with van der Waals surface area (Å²) in [7, 11) is 0. The van der Waals surface area contributed by atoms with Crippen LogP contribution in [-0.2, 0) is 6.54 Å². The number of hydrogen-bond donors (Lipinski definition) is 2. The van der Waals surface area contributed by atoms with Crippen LogP contribution < -0.4 is 5.32 Å². The van der Waals surface area contributed by atoms with E-state index in [4.69, 9.17) is 5.11 Å². The molecular weight excluding hydrogens is 184 g/mol. The van der Waals surface area contributed by atoms with E-state index in [2.05, 4.69) is 17.2 Å². The maximum atomic E-state index is 8.69. The van der Waals surface area contributed by atoms with Crippen molar-refractivity contribution in [3.8, 4) is 0 Å². The summed E-state index contributed by atoms with van der Waals surface area (Å²) >= 11 is 1.71. The zero-order chi connectivity index (χ0) is 9.68. The molecule has 0 fully saturated rings. The molecule has 0 aliphatic rings.